The Balaban J connectivity index is 1.71. The summed E-state index contributed by atoms with van der Waals surface area (Å²) in [6, 6.07) is 7.80. The molecular weight excluding hydrogens is 330 g/mol. The van der Waals surface area contributed by atoms with Gasteiger partial charge in [0.05, 0.1) is 16.4 Å². The summed E-state index contributed by atoms with van der Waals surface area (Å²) in [5, 5.41) is 7.77. The maximum atomic E-state index is 6.24. The second-order valence-corrected chi connectivity index (χ2v) is 6.86. The largest absolute Gasteiger partial charge is 0.361 e. The highest BCUT2D eigenvalue weighted by molar-refractivity contribution is 7.13. The summed E-state index contributed by atoms with van der Waals surface area (Å²) in [6.07, 6.45) is 0. The van der Waals surface area contributed by atoms with Gasteiger partial charge in [0.2, 0.25) is 0 Å². The van der Waals surface area contributed by atoms with Crippen molar-refractivity contribution in [2.75, 3.05) is 7.05 Å². The summed E-state index contributed by atoms with van der Waals surface area (Å²) in [6.45, 7) is 5.48. The van der Waals surface area contributed by atoms with Crippen LogP contribution in [0.25, 0.3) is 10.6 Å². The zero-order chi connectivity index (χ0) is 16.4. The number of aryl methyl sites for hydroxylation is 2. The predicted molar refractivity (Wildman–Crippen MR) is 93.7 cm³/mol. The molecule has 0 aliphatic rings. The molecule has 4 nitrogen and oxygen atoms in total. The van der Waals surface area contributed by atoms with Crippen LogP contribution in [-0.4, -0.2) is 22.1 Å². The van der Waals surface area contributed by atoms with Gasteiger partial charge in [0.1, 0.15) is 10.8 Å². The van der Waals surface area contributed by atoms with E-state index in [1.807, 2.05) is 38.1 Å². The number of aromatic nitrogens is 2. The van der Waals surface area contributed by atoms with Crippen LogP contribution >= 0.6 is 22.9 Å². The lowest BCUT2D eigenvalue weighted by Crippen LogP contribution is -2.18. The number of rotatable bonds is 5. The normalized spacial score (nSPS) is 11.3. The third-order valence-electron chi connectivity index (χ3n) is 3.70. The molecule has 0 bridgehead atoms. The van der Waals surface area contributed by atoms with Crippen LogP contribution in [0.5, 0.6) is 0 Å². The van der Waals surface area contributed by atoms with Crippen molar-refractivity contribution in [3.05, 3.63) is 57.4 Å². The van der Waals surface area contributed by atoms with E-state index in [1.54, 1.807) is 11.3 Å². The van der Waals surface area contributed by atoms with Gasteiger partial charge >= 0.3 is 0 Å². The Labute approximate surface area is 144 Å². The monoisotopic (exact) mass is 347 g/mol. The molecule has 0 N–H and O–H groups in total. The molecule has 23 heavy (non-hydrogen) atoms. The molecule has 0 saturated heterocycles. The molecule has 0 saturated carbocycles. The van der Waals surface area contributed by atoms with Crippen LogP contribution in [0, 0.1) is 13.8 Å². The smallest absolute Gasteiger partial charge is 0.138 e. The lowest BCUT2D eigenvalue weighted by molar-refractivity contribution is 0.312. The lowest BCUT2D eigenvalue weighted by atomic mass is 10.2. The van der Waals surface area contributed by atoms with E-state index in [0.29, 0.717) is 0 Å². The zero-order valence-corrected chi connectivity index (χ0v) is 14.9. The Morgan fingerprint density at radius 2 is 2.00 bits per heavy atom. The molecule has 0 amide bonds. The summed E-state index contributed by atoms with van der Waals surface area (Å²) in [5.41, 5.74) is 4.12. The standard InChI is InChI=1S/C17H18ClN3OS/c1-11-15(12(2)22-20-11)9-21(3)8-13-10-23-17(19-13)14-6-4-5-7-16(14)18/h4-7,10H,8-9H2,1-3H3. The van der Waals surface area contributed by atoms with Gasteiger partial charge in [0, 0.05) is 29.6 Å². The minimum Gasteiger partial charge on any atom is -0.361 e. The van der Waals surface area contributed by atoms with Gasteiger partial charge in [-0.15, -0.1) is 11.3 Å². The van der Waals surface area contributed by atoms with Crippen molar-refractivity contribution in [3.8, 4) is 10.6 Å². The quantitative estimate of drug-likeness (QED) is 0.670. The second-order valence-electron chi connectivity index (χ2n) is 5.60. The van der Waals surface area contributed by atoms with E-state index >= 15 is 0 Å². The van der Waals surface area contributed by atoms with Gasteiger partial charge in [-0.2, -0.15) is 0 Å². The molecule has 2 aromatic heterocycles. The SMILES string of the molecule is Cc1noc(C)c1CN(C)Cc1csc(-c2ccccc2Cl)n1. The van der Waals surface area contributed by atoms with Crippen molar-refractivity contribution in [2.24, 2.45) is 0 Å². The van der Waals surface area contributed by atoms with Crippen LogP contribution in [0.4, 0.5) is 0 Å². The van der Waals surface area contributed by atoms with Crippen molar-refractivity contribution >= 4 is 22.9 Å². The van der Waals surface area contributed by atoms with Crippen molar-refractivity contribution in [2.45, 2.75) is 26.9 Å². The van der Waals surface area contributed by atoms with Gasteiger partial charge in [-0.05, 0) is 27.0 Å². The highest BCUT2D eigenvalue weighted by Crippen LogP contribution is 2.30. The third kappa shape index (κ3) is 3.63. The molecule has 1 aromatic carbocycles. The molecule has 2 heterocycles. The Bertz CT molecular complexity index is 792. The van der Waals surface area contributed by atoms with Gasteiger partial charge in [-0.1, -0.05) is 35.0 Å². The van der Waals surface area contributed by atoms with Crippen LogP contribution in [0.15, 0.2) is 34.2 Å². The molecule has 3 aromatic rings. The van der Waals surface area contributed by atoms with Crippen LogP contribution in [0.3, 0.4) is 0 Å². The maximum absolute atomic E-state index is 6.24. The predicted octanol–water partition coefficient (Wildman–Crippen LogP) is 4.70. The number of hydrogen-bond donors (Lipinski definition) is 0. The Morgan fingerprint density at radius 3 is 2.70 bits per heavy atom. The fourth-order valence-electron chi connectivity index (χ4n) is 2.47. The first-order valence-corrected chi connectivity index (χ1v) is 8.60. The molecule has 6 heteroatoms. The fraction of sp³-hybridized carbons (Fsp3) is 0.294. The highest BCUT2D eigenvalue weighted by atomic mass is 35.5. The number of nitrogens with zero attached hydrogens (tertiary/aromatic N) is 3. The van der Waals surface area contributed by atoms with E-state index in [1.165, 1.54) is 0 Å². The molecule has 0 fully saturated rings. The van der Waals surface area contributed by atoms with E-state index in [4.69, 9.17) is 21.1 Å². The van der Waals surface area contributed by atoms with Crippen molar-refractivity contribution in [3.63, 3.8) is 0 Å². The lowest BCUT2D eigenvalue weighted by Gasteiger charge is -2.14. The summed E-state index contributed by atoms with van der Waals surface area (Å²) >= 11 is 7.86. The Kier molecular flexibility index (Phi) is 4.80. The number of halogens is 1. The van der Waals surface area contributed by atoms with E-state index < -0.39 is 0 Å². The van der Waals surface area contributed by atoms with Crippen molar-refractivity contribution in [1.29, 1.82) is 0 Å². The first kappa shape index (κ1) is 16.2. The first-order chi connectivity index (χ1) is 11.0. The minimum atomic E-state index is 0.734. The average Bonchev–Trinajstić information content (AvgIpc) is 3.09. The number of thiazole rings is 1. The Hall–Kier alpha value is -1.69. The van der Waals surface area contributed by atoms with E-state index in [2.05, 4.69) is 22.5 Å². The summed E-state index contributed by atoms with van der Waals surface area (Å²) in [7, 11) is 2.07. The molecule has 0 spiro atoms. The number of hydrogen-bond acceptors (Lipinski definition) is 5. The molecule has 0 aliphatic heterocycles. The average molecular weight is 348 g/mol. The van der Waals surface area contributed by atoms with Crippen LogP contribution in [-0.2, 0) is 13.1 Å². The van der Waals surface area contributed by atoms with Crippen LogP contribution in [0.2, 0.25) is 5.02 Å². The summed E-state index contributed by atoms with van der Waals surface area (Å²) in [4.78, 5) is 6.92. The highest BCUT2D eigenvalue weighted by Gasteiger charge is 2.13. The van der Waals surface area contributed by atoms with E-state index in [9.17, 15) is 0 Å². The molecule has 120 valence electrons. The number of benzene rings is 1. The Morgan fingerprint density at radius 1 is 1.22 bits per heavy atom. The molecule has 0 radical (unpaired) electrons. The van der Waals surface area contributed by atoms with Gasteiger partial charge in [-0.25, -0.2) is 4.98 Å². The van der Waals surface area contributed by atoms with Crippen molar-refractivity contribution in [1.82, 2.24) is 15.0 Å². The van der Waals surface area contributed by atoms with Gasteiger partial charge in [0.25, 0.3) is 0 Å². The minimum absolute atomic E-state index is 0.734. The van der Waals surface area contributed by atoms with Crippen LogP contribution in [0.1, 0.15) is 22.7 Å². The molecule has 3 rings (SSSR count). The van der Waals surface area contributed by atoms with E-state index in [-0.39, 0.29) is 0 Å². The second kappa shape index (κ2) is 6.83. The molecular formula is C17H18ClN3OS. The molecule has 0 aliphatic carbocycles. The first-order valence-electron chi connectivity index (χ1n) is 7.34. The van der Waals surface area contributed by atoms with Crippen LogP contribution < -0.4 is 0 Å². The summed E-state index contributed by atoms with van der Waals surface area (Å²) in [5.74, 6) is 0.879. The van der Waals surface area contributed by atoms with Crippen molar-refractivity contribution < 1.29 is 4.52 Å². The molecule has 0 unspecified atom stereocenters. The zero-order valence-electron chi connectivity index (χ0n) is 13.3. The third-order valence-corrected chi connectivity index (χ3v) is 4.95. The fourth-order valence-corrected chi connectivity index (χ4v) is 3.60. The van der Waals surface area contributed by atoms with E-state index in [0.717, 1.165) is 51.4 Å². The topological polar surface area (TPSA) is 42.2 Å². The van der Waals surface area contributed by atoms with Gasteiger partial charge in [0.15, 0.2) is 0 Å². The molecule has 0 atom stereocenters. The van der Waals surface area contributed by atoms with Gasteiger partial charge < -0.3 is 4.52 Å². The summed E-state index contributed by atoms with van der Waals surface area (Å²) < 4.78 is 5.22. The van der Waals surface area contributed by atoms with Gasteiger partial charge in [-0.3, -0.25) is 4.90 Å². The maximum Gasteiger partial charge on any atom is 0.138 e.